The number of nitrogens with one attached hydrogen (secondary N) is 3. The summed E-state index contributed by atoms with van der Waals surface area (Å²) in [6, 6.07) is 4.56. The third kappa shape index (κ3) is 6.05. The Hall–Kier alpha value is -2.95. The topological polar surface area (TPSA) is 117 Å². The maximum absolute atomic E-state index is 13.6. The van der Waals surface area contributed by atoms with Crippen molar-refractivity contribution < 1.29 is 22.8 Å². The van der Waals surface area contributed by atoms with Gasteiger partial charge in [0.2, 0.25) is 11.8 Å². The van der Waals surface area contributed by atoms with E-state index in [-0.39, 0.29) is 25.0 Å². The van der Waals surface area contributed by atoms with E-state index < -0.39 is 24.0 Å². The molecule has 3 saturated heterocycles. The van der Waals surface area contributed by atoms with Crippen LogP contribution in [0.15, 0.2) is 18.3 Å². The molecule has 2 amide bonds. The number of hydrazine groups is 1. The lowest BCUT2D eigenvalue weighted by molar-refractivity contribution is -0.201. The van der Waals surface area contributed by atoms with Gasteiger partial charge in [-0.05, 0) is 44.5 Å². The molecule has 36 heavy (non-hydrogen) atoms. The zero-order chi connectivity index (χ0) is 25.7. The number of amides is 2. The first-order chi connectivity index (χ1) is 17.3. The van der Waals surface area contributed by atoms with Crippen molar-refractivity contribution in [1.82, 2.24) is 31.0 Å². The van der Waals surface area contributed by atoms with E-state index in [1.54, 1.807) is 17.0 Å². The predicted octanol–water partition coefficient (Wildman–Crippen LogP) is 0.227. The van der Waals surface area contributed by atoms with Gasteiger partial charge < -0.3 is 15.1 Å². The van der Waals surface area contributed by atoms with Crippen LogP contribution in [0.25, 0.3) is 0 Å². The number of halogens is 3. The van der Waals surface area contributed by atoms with E-state index in [4.69, 9.17) is 5.26 Å². The van der Waals surface area contributed by atoms with Crippen LogP contribution in [0.3, 0.4) is 0 Å². The lowest BCUT2D eigenvalue weighted by atomic mass is 9.94. The Morgan fingerprint density at radius 3 is 2.67 bits per heavy atom. The molecule has 10 nitrogen and oxygen atoms in total. The van der Waals surface area contributed by atoms with Gasteiger partial charge in [-0.1, -0.05) is 0 Å². The molecule has 3 N–H and O–H groups in total. The lowest BCUT2D eigenvalue weighted by Gasteiger charge is -2.41. The van der Waals surface area contributed by atoms with Gasteiger partial charge >= 0.3 is 6.18 Å². The molecule has 13 heteroatoms. The molecule has 0 aromatic carbocycles. The summed E-state index contributed by atoms with van der Waals surface area (Å²) >= 11 is 0. The van der Waals surface area contributed by atoms with Crippen LogP contribution in [0.1, 0.15) is 24.8 Å². The number of likely N-dealkylation sites (tertiary alicyclic amines) is 1. The number of aromatic nitrogens is 1. The first-order valence-corrected chi connectivity index (χ1v) is 12.2. The minimum Gasteiger partial charge on any atom is -0.353 e. The van der Waals surface area contributed by atoms with Crippen molar-refractivity contribution in [1.29, 1.82) is 5.26 Å². The molecule has 0 saturated carbocycles. The number of hydrogen-bond acceptors (Lipinski definition) is 8. The van der Waals surface area contributed by atoms with Crippen LogP contribution >= 0.6 is 0 Å². The number of rotatable bonds is 7. The Labute approximate surface area is 207 Å². The highest BCUT2D eigenvalue weighted by molar-refractivity contribution is 5.80. The number of piperazine rings is 1. The minimum atomic E-state index is -4.60. The van der Waals surface area contributed by atoms with Gasteiger partial charge in [0, 0.05) is 51.0 Å². The maximum Gasteiger partial charge on any atom is 0.402 e. The van der Waals surface area contributed by atoms with Crippen molar-refractivity contribution in [2.45, 2.75) is 37.5 Å². The molecule has 4 rings (SSSR count). The van der Waals surface area contributed by atoms with Crippen molar-refractivity contribution in [3.05, 3.63) is 23.9 Å². The van der Waals surface area contributed by atoms with Gasteiger partial charge in [-0.15, -0.1) is 0 Å². The van der Waals surface area contributed by atoms with Crippen LogP contribution in [0.5, 0.6) is 0 Å². The van der Waals surface area contributed by atoms with Crippen LogP contribution in [0, 0.1) is 17.2 Å². The minimum absolute atomic E-state index is 0.0176. The van der Waals surface area contributed by atoms with Gasteiger partial charge in [-0.3, -0.25) is 19.9 Å². The van der Waals surface area contributed by atoms with Gasteiger partial charge in [-0.2, -0.15) is 18.4 Å². The third-order valence-electron chi connectivity index (χ3n) is 7.16. The fourth-order valence-electron chi connectivity index (χ4n) is 5.29. The highest BCUT2D eigenvalue weighted by atomic mass is 19.4. The van der Waals surface area contributed by atoms with E-state index in [1.807, 2.05) is 11.0 Å². The SMILES string of the molecule is N#Cc1ccc(N2CCN(C(=O)CNCC[C@@H]3CCCN3C3CNNC(=O)C3C(F)(F)F)CC2)nc1. The number of nitrogens with zero attached hydrogens (tertiary/aromatic N) is 5. The molecule has 1 aromatic rings. The van der Waals surface area contributed by atoms with Crippen LogP contribution in [0.4, 0.5) is 19.0 Å². The molecule has 3 atom stereocenters. The largest absolute Gasteiger partial charge is 0.402 e. The molecule has 196 valence electrons. The molecule has 0 aliphatic carbocycles. The standard InChI is InChI=1S/C23H31F3N8O2/c24-23(25,26)21-18(14-30-31-22(21)36)34-7-1-2-17(34)5-6-28-15-20(35)33-10-8-32(9-11-33)19-4-3-16(12-27)13-29-19/h3-4,13,17-18,21,28,30H,1-2,5-11,14-15H2,(H,31,36)/t17-,18?,21?/m0/s1. The van der Waals surface area contributed by atoms with Crippen LogP contribution < -0.4 is 21.1 Å². The highest BCUT2D eigenvalue weighted by Crippen LogP contribution is 2.35. The second kappa shape index (κ2) is 11.4. The van der Waals surface area contributed by atoms with E-state index in [1.165, 1.54) is 6.20 Å². The van der Waals surface area contributed by atoms with E-state index in [0.29, 0.717) is 51.3 Å². The Bertz CT molecular complexity index is 960. The van der Waals surface area contributed by atoms with E-state index in [2.05, 4.69) is 26.1 Å². The summed E-state index contributed by atoms with van der Waals surface area (Å²) in [5.41, 5.74) is 5.21. The van der Waals surface area contributed by atoms with Crippen LogP contribution in [-0.4, -0.2) is 97.2 Å². The summed E-state index contributed by atoms with van der Waals surface area (Å²) in [7, 11) is 0. The number of anilines is 1. The fraction of sp³-hybridized carbons (Fsp3) is 0.652. The van der Waals surface area contributed by atoms with Crippen LogP contribution in [-0.2, 0) is 9.59 Å². The molecule has 4 heterocycles. The lowest BCUT2D eigenvalue weighted by Crippen LogP contribution is -2.65. The summed E-state index contributed by atoms with van der Waals surface area (Å²) in [6.07, 6.45) is -0.914. The Morgan fingerprint density at radius 2 is 2.00 bits per heavy atom. The Kier molecular flexibility index (Phi) is 8.28. The van der Waals surface area contributed by atoms with Gasteiger partial charge in [0.25, 0.3) is 0 Å². The van der Waals surface area contributed by atoms with Gasteiger partial charge in [0.15, 0.2) is 5.92 Å². The first kappa shape index (κ1) is 26.1. The molecular formula is C23H31F3N8O2. The Balaban J connectivity index is 1.20. The molecule has 1 aromatic heterocycles. The second-order valence-electron chi connectivity index (χ2n) is 9.34. The predicted molar refractivity (Wildman–Crippen MR) is 124 cm³/mol. The monoisotopic (exact) mass is 508 g/mol. The molecule has 0 radical (unpaired) electrons. The number of alkyl halides is 3. The molecule has 0 bridgehead atoms. The van der Waals surface area contributed by atoms with Crippen LogP contribution in [0.2, 0.25) is 0 Å². The number of carbonyl (C=O) groups is 2. The summed E-state index contributed by atoms with van der Waals surface area (Å²) in [4.78, 5) is 34.5. The van der Waals surface area contributed by atoms with Crippen molar-refractivity contribution in [2.75, 3.05) is 57.3 Å². The zero-order valence-electron chi connectivity index (χ0n) is 19.9. The fourth-order valence-corrected chi connectivity index (χ4v) is 5.29. The zero-order valence-corrected chi connectivity index (χ0v) is 19.9. The summed E-state index contributed by atoms with van der Waals surface area (Å²) in [5.74, 6) is -2.33. The normalized spacial score (nSPS) is 25.5. The molecular weight excluding hydrogens is 477 g/mol. The Morgan fingerprint density at radius 1 is 1.22 bits per heavy atom. The number of pyridine rings is 1. The van der Waals surface area contributed by atoms with Crippen molar-refractivity contribution in [2.24, 2.45) is 5.92 Å². The maximum atomic E-state index is 13.6. The van der Waals surface area contributed by atoms with Gasteiger partial charge in [0.05, 0.1) is 12.1 Å². The molecule has 0 spiro atoms. The molecule has 3 fully saturated rings. The number of nitriles is 1. The van der Waals surface area contributed by atoms with E-state index in [9.17, 15) is 22.8 Å². The molecule has 3 aliphatic rings. The van der Waals surface area contributed by atoms with Gasteiger partial charge in [-0.25, -0.2) is 10.4 Å². The second-order valence-corrected chi connectivity index (χ2v) is 9.34. The summed E-state index contributed by atoms with van der Waals surface area (Å²) in [6.45, 7) is 3.65. The van der Waals surface area contributed by atoms with Crippen molar-refractivity contribution >= 4 is 17.6 Å². The highest BCUT2D eigenvalue weighted by Gasteiger charge is 2.54. The number of hydrogen-bond donors (Lipinski definition) is 3. The molecule has 3 aliphatic heterocycles. The average Bonchev–Trinajstić information content (AvgIpc) is 3.34. The number of carbonyl (C=O) groups excluding carboxylic acids is 2. The summed E-state index contributed by atoms with van der Waals surface area (Å²) in [5, 5.41) is 12.0. The first-order valence-electron chi connectivity index (χ1n) is 12.2. The average molecular weight is 509 g/mol. The smallest absolute Gasteiger partial charge is 0.353 e. The third-order valence-corrected chi connectivity index (χ3v) is 7.16. The van der Waals surface area contributed by atoms with Crippen molar-refractivity contribution in [3.8, 4) is 6.07 Å². The van der Waals surface area contributed by atoms with Crippen molar-refractivity contribution in [3.63, 3.8) is 0 Å². The van der Waals surface area contributed by atoms with E-state index >= 15 is 0 Å². The quantitative estimate of drug-likeness (QED) is 0.449. The molecule has 2 unspecified atom stereocenters. The van der Waals surface area contributed by atoms with E-state index in [0.717, 1.165) is 18.7 Å². The summed E-state index contributed by atoms with van der Waals surface area (Å²) < 4.78 is 40.7. The van der Waals surface area contributed by atoms with Gasteiger partial charge in [0.1, 0.15) is 11.9 Å².